The summed E-state index contributed by atoms with van der Waals surface area (Å²) in [6.07, 6.45) is -1.66. The molecule has 6 nitrogen and oxygen atoms in total. The van der Waals surface area contributed by atoms with Crippen LogP contribution in [0.5, 0.6) is 0 Å². The van der Waals surface area contributed by atoms with Gasteiger partial charge >= 0.3 is 12.1 Å². The maximum Gasteiger partial charge on any atom is 0.408 e. The van der Waals surface area contributed by atoms with E-state index < -0.39 is 29.8 Å². The van der Waals surface area contributed by atoms with Crippen molar-refractivity contribution in [2.45, 2.75) is 44.9 Å². The molecule has 0 aromatic heterocycles. The fourth-order valence-electron chi connectivity index (χ4n) is 2.52. The monoisotopic (exact) mass is 380 g/mol. The average Bonchev–Trinajstić information content (AvgIpc) is 2.65. The zero-order valence-corrected chi connectivity index (χ0v) is 16.2. The van der Waals surface area contributed by atoms with Gasteiger partial charge in [0.25, 0.3) is 0 Å². The van der Waals surface area contributed by atoms with Gasteiger partial charge in [0, 0.05) is 0 Å². The number of esters is 1. The second-order valence-corrected chi connectivity index (χ2v) is 7.20. The van der Waals surface area contributed by atoms with Gasteiger partial charge in [-0.25, -0.2) is 9.59 Å². The maximum absolute atomic E-state index is 12.7. The number of rotatable bonds is 6. The number of hydrogen-bond acceptors (Lipinski definition) is 5. The molecule has 0 saturated carbocycles. The fourth-order valence-corrected chi connectivity index (χ4v) is 2.52. The highest BCUT2D eigenvalue weighted by Crippen LogP contribution is 2.26. The molecule has 1 amide bonds. The van der Waals surface area contributed by atoms with Gasteiger partial charge in [-0.1, -0.05) is 60.7 Å². The summed E-state index contributed by atoms with van der Waals surface area (Å²) in [5.41, 5.74) is 0.854. The van der Waals surface area contributed by atoms with Crippen molar-refractivity contribution in [2.24, 2.45) is 0 Å². The Morgan fingerprint density at radius 1 is 1.00 bits per heavy atom. The number of benzene rings is 2. The molecule has 0 aliphatic carbocycles. The highest BCUT2D eigenvalue weighted by atomic mass is 16.6. The highest BCUT2D eigenvalue weighted by Gasteiger charge is 2.28. The zero-order chi connectivity index (χ0) is 20.6. The van der Waals surface area contributed by atoms with Crippen LogP contribution in [0.2, 0.25) is 0 Å². The van der Waals surface area contributed by atoms with Crippen LogP contribution in [-0.2, 0) is 14.3 Å². The Bertz CT molecular complexity index is 784. The van der Waals surface area contributed by atoms with Crippen molar-refractivity contribution in [3.05, 3.63) is 71.8 Å². The number of alkyl carbamates (subject to hydrolysis) is 1. The normalized spacial score (nSPS) is 12.0. The molecule has 0 aliphatic rings. The predicted octanol–water partition coefficient (Wildman–Crippen LogP) is 4.13. The van der Waals surface area contributed by atoms with Crippen molar-refractivity contribution in [3.8, 4) is 6.07 Å². The van der Waals surface area contributed by atoms with Crippen LogP contribution in [0.15, 0.2) is 60.7 Å². The third-order valence-electron chi connectivity index (χ3n) is 3.71. The molecule has 0 radical (unpaired) electrons. The number of carbonyl (C=O) groups excluding carboxylic acids is 2. The molecule has 0 spiro atoms. The molecule has 146 valence electrons. The largest absolute Gasteiger partial charge is 0.451 e. The summed E-state index contributed by atoms with van der Waals surface area (Å²) in [6.45, 7) is 5.14. The number of ether oxygens (including phenoxy) is 2. The Hall–Kier alpha value is -3.33. The van der Waals surface area contributed by atoms with Gasteiger partial charge in [-0.15, -0.1) is 0 Å². The van der Waals surface area contributed by atoms with Crippen LogP contribution in [0.1, 0.15) is 44.4 Å². The van der Waals surface area contributed by atoms with Crippen LogP contribution < -0.4 is 5.32 Å². The van der Waals surface area contributed by atoms with Crippen LogP contribution in [0, 0.1) is 11.3 Å². The topological polar surface area (TPSA) is 88.4 Å². The summed E-state index contributed by atoms with van der Waals surface area (Å²) in [5.74, 6) is -0.704. The Labute approximate surface area is 165 Å². The number of amides is 1. The second-order valence-electron chi connectivity index (χ2n) is 7.20. The van der Waals surface area contributed by atoms with Crippen LogP contribution in [0.3, 0.4) is 0 Å². The van der Waals surface area contributed by atoms with Crippen molar-refractivity contribution < 1.29 is 19.1 Å². The first-order valence-electron chi connectivity index (χ1n) is 8.97. The van der Waals surface area contributed by atoms with E-state index in [9.17, 15) is 9.59 Å². The van der Waals surface area contributed by atoms with Gasteiger partial charge in [0.05, 0.1) is 12.5 Å². The van der Waals surface area contributed by atoms with Gasteiger partial charge in [-0.2, -0.15) is 5.26 Å². The van der Waals surface area contributed by atoms with Crippen molar-refractivity contribution in [3.63, 3.8) is 0 Å². The Morgan fingerprint density at radius 3 is 1.93 bits per heavy atom. The van der Waals surface area contributed by atoms with E-state index >= 15 is 0 Å². The van der Waals surface area contributed by atoms with Gasteiger partial charge in [0.15, 0.2) is 6.10 Å². The molecule has 28 heavy (non-hydrogen) atoms. The van der Waals surface area contributed by atoms with Crippen LogP contribution in [-0.4, -0.2) is 23.7 Å². The molecule has 0 aliphatic heterocycles. The zero-order valence-electron chi connectivity index (χ0n) is 16.2. The molecule has 1 N–H and O–H groups in total. The van der Waals surface area contributed by atoms with E-state index in [1.807, 2.05) is 66.7 Å². The van der Waals surface area contributed by atoms with Crippen molar-refractivity contribution in [2.75, 3.05) is 0 Å². The van der Waals surface area contributed by atoms with Crippen molar-refractivity contribution in [1.82, 2.24) is 5.32 Å². The van der Waals surface area contributed by atoms with Gasteiger partial charge in [0.2, 0.25) is 0 Å². The molecule has 0 fully saturated rings. The van der Waals surface area contributed by atoms with Gasteiger partial charge < -0.3 is 14.8 Å². The van der Waals surface area contributed by atoms with E-state index in [0.29, 0.717) is 0 Å². The molecular weight excluding hydrogens is 356 g/mol. The standard InChI is InChI=1S/C22H24N2O4/c1-22(2,3)28-21(26)24-18(14-15-23)20(25)27-19(16-10-6-4-7-11-16)17-12-8-5-9-13-17/h4-13,18-19H,14H2,1-3H3,(H,24,26). The molecular formula is C22H24N2O4. The summed E-state index contributed by atoms with van der Waals surface area (Å²) in [7, 11) is 0. The molecule has 0 saturated heterocycles. The Balaban J connectivity index is 2.20. The lowest BCUT2D eigenvalue weighted by atomic mass is 10.0. The second kappa shape index (κ2) is 9.56. The Kier molecular flexibility index (Phi) is 7.16. The fraction of sp³-hybridized carbons (Fsp3) is 0.318. The van der Waals surface area contributed by atoms with E-state index in [-0.39, 0.29) is 6.42 Å². The van der Waals surface area contributed by atoms with Crippen molar-refractivity contribution >= 4 is 12.1 Å². The summed E-state index contributed by atoms with van der Waals surface area (Å²) in [6, 6.07) is 19.3. The quantitative estimate of drug-likeness (QED) is 0.761. The first kappa shape index (κ1) is 21.0. The lowest BCUT2D eigenvalue weighted by molar-refractivity contribution is -0.150. The highest BCUT2D eigenvalue weighted by molar-refractivity contribution is 5.82. The lowest BCUT2D eigenvalue weighted by Gasteiger charge is -2.24. The smallest absolute Gasteiger partial charge is 0.408 e. The number of nitrogens with zero attached hydrogens (tertiary/aromatic N) is 1. The average molecular weight is 380 g/mol. The number of hydrogen-bond donors (Lipinski definition) is 1. The minimum absolute atomic E-state index is 0.228. The third kappa shape index (κ3) is 6.44. The molecule has 0 bridgehead atoms. The minimum Gasteiger partial charge on any atom is -0.451 e. The van der Waals surface area contributed by atoms with Gasteiger partial charge in [0.1, 0.15) is 11.6 Å². The minimum atomic E-state index is -1.13. The summed E-state index contributed by atoms with van der Waals surface area (Å²) in [4.78, 5) is 24.8. The molecule has 2 aromatic rings. The van der Waals surface area contributed by atoms with E-state index in [2.05, 4.69) is 5.32 Å². The van der Waals surface area contributed by atoms with E-state index in [4.69, 9.17) is 14.7 Å². The summed E-state index contributed by atoms with van der Waals surface area (Å²) >= 11 is 0. The maximum atomic E-state index is 12.7. The lowest BCUT2D eigenvalue weighted by Crippen LogP contribution is -2.44. The summed E-state index contributed by atoms with van der Waals surface area (Å²) in [5, 5.41) is 11.5. The number of carbonyl (C=O) groups is 2. The van der Waals surface area contributed by atoms with Crippen LogP contribution in [0.4, 0.5) is 4.79 Å². The first-order valence-corrected chi connectivity index (χ1v) is 8.97. The Morgan fingerprint density at radius 2 is 1.50 bits per heavy atom. The van der Waals surface area contributed by atoms with Crippen molar-refractivity contribution in [1.29, 1.82) is 5.26 Å². The SMILES string of the molecule is CC(C)(C)OC(=O)NC(CC#N)C(=O)OC(c1ccccc1)c1ccccc1. The first-order chi connectivity index (χ1) is 13.3. The molecule has 0 heterocycles. The molecule has 1 unspecified atom stereocenters. The van der Waals surface area contributed by atoms with E-state index in [1.165, 1.54) is 0 Å². The van der Waals surface area contributed by atoms with E-state index in [0.717, 1.165) is 11.1 Å². The summed E-state index contributed by atoms with van der Waals surface area (Å²) < 4.78 is 10.9. The molecule has 6 heteroatoms. The predicted molar refractivity (Wildman–Crippen MR) is 104 cm³/mol. The third-order valence-corrected chi connectivity index (χ3v) is 3.71. The van der Waals surface area contributed by atoms with E-state index in [1.54, 1.807) is 20.8 Å². The van der Waals surface area contributed by atoms with Gasteiger partial charge in [-0.3, -0.25) is 0 Å². The molecule has 2 aromatic carbocycles. The van der Waals surface area contributed by atoms with Gasteiger partial charge in [-0.05, 0) is 31.9 Å². The molecule has 2 rings (SSSR count). The number of nitriles is 1. The molecule has 1 atom stereocenters. The van der Waals surface area contributed by atoms with Crippen LogP contribution >= 0.6 is 0 Å². The van der Waals surface area contributed by atoms with Crippen LogP contribution in [0.25, 0.3) is 0 Å². The number of nitrogens with one attached hydrogen (secondary N) is 1.